The largest absolute Gasteiger partial charge is 0.353 e. The van der Waals surface area contributed by atoms with Crippen molar-refractivity contribution in [1.82, 2.24) is 10.2 Å². The number of carbonyl (C=O) groups is 1. The first-order valence-electron chi connectivity index (χ1n) is 9.15. The van der Waals surface area contributed by atoms with E-state index in [0.29, 0.717) is 24.0 Å². The van der Waals surface area contributed by atoms with Crippen LogP contribution in [0.4, 0.5) is 5.69 Å². The van der Waals surface area contributed by atoms with E-state index in [0.717, 1.165) is 36.5 Å². The summed E-state index contributed by atoms with van der Waals surface area (Å²) in [6.45, 7) is 0. The highest BCUT2D eigenvalue weighted by Crippen LogP contribution is 2.36. The Balaban J connectivity index is 1.41. The molecule has 2 heterocycles. The highest BCUT2D eigenvalue weighted by molar-refractivity contribution is 7.80. The zero-order valence-electron chi connectivity index (χ0n) is 13.9. The first kappa shape index (κ1) is 15.9. The number of rotatable bonds is 3. The third-order valence-electron chi connectivity index (χ3n) is 5.53. The van der Waals surface area contributed by atoms with Crippen molar-refractivity contribution in [2.45, 2.75) is 63.1 Å². The van der Waals surface area contributed by atoms with Gasteiger partial charge >= 0.3 is 0 Å². The summed E-state index contributed by atoms with van der Waals surface area (Å²) in [7, 11) is 0. The second-order valence-corrected chi connectivity index (χ2v) is 7.78. The van der Waals surface area contributed by atoms with E-state index < -0.39 is 0 Å². The number of fused-ring (bicyclic) bond motifs is 2. The van der Waals surface area contributed by atoms with Crippen LogP contribution >= 0.6 is 12.2 Å². The second kappa shape index (κ2) is 6.71. The van der Waals surface area contributed by atoms with Gasteiger partial charge in [0, 0.05) is 29.7 Å². The fourth-order valence-corrected chi connectivity index (χ4v) is 4.62. The molecule has 1 aromatic carbocycles. The van der Waals surface area contributed by atoms with Gasteiger partial charge in [0.15, 0.2) is 5.11 Å². The molecule has 0 radical (unpaired) electrons. The number of benzene rings is 1. The average molecular weight is 343 g/mol. The molecule has 4 nitrogen and oxygen atoms in total. The monoisotopic (exact) mass is 343 g/mol. The molecule has 0 aromatic heterocycles. The predicted octanol–water partition coefficient (Wildman–Crippen LogP) is 3.30. The number of hydrogen-bond acceptors (Lipinski definition) is 2. The summed E-state index contributed by atoms with van der Waals surface area (Å²) < 4.78 is 0. The van der Waals surface area contributed by atoms with Gasteiger partial charge in [-0.25, -0.2) is 0 Å². The lowest BCUT2D eigenvalue weighted by atomic mass is 9.82. The second-order valence-electron chi connectivity index (χ2n) is 7.39. The van der Waals surface area contributed by atoms with Gasteiger partial charge in [0.1, 0.15) is 0 Å². The number of anilines is 1. The van der Waals surface area contributed by atoms with Crippen molar-refractivity contribution >= 4 is 28.9 Å². The lowest BCUT2D eigenvalue weighted by Crippen LogP contribution is -2.59. The minimum atomic E-state index is 0.275. The zero-order valence-corrected chi connectivity index (χ0v) is 14.7. The maximum absolute atomic E-state index is 12.1. The molecule has 2 bridgehead atoms. The smallest absolute Gasteiger partial charge is 0.223 e. The summed E-state index contributed by atoms with van der Waals surface area (Å²) in [5.74, 6) is 0.570. The molecule has 128 valence electrons. The Hall–Kier alpha value is -1.62. The molecule has 3 fully saturated rings. The number of amides is 1. The molecule has 2 saturated heterocycles. The van der Waals surface area contributed by atoms with E-state index in [1.807, 2.05) is 30.3 Å². The number of hydrogen-bond donors (Lipinski definition) is 2. The van der Waals surface area contributed by atoms with Crippen LogP contribution in [-0.4, -0.2) is 34.0 Å². The standard InChI is InChI=1S/C19H25N3OS/c23-18(13-9-10-13)20-15-11-16-7-4-8-17(12-15)22(16)19(24)21-14-5-2-1-3-6-14/h1-3,5-6,13,15-17H,4,7-12H2,(H,20,23)(H,21,24)/t16-,17-/m0/s1. The van der Waals surface area contributed by atoms with E-state index in [2.05, 4.69) is 15.5 Å². The molecule has 3 aliphatic rings. The van der Waals surface area contributed by atoms with Gasteiger partial charge in [0.2, 0.25) is 5.91 Å². The summed E-state index contributed by atoms with van der Waals surface area (Å²) in [6, 6.07) is 11.4. The van der Waals surface area contributed by atoms with Crippen LogP contribution in [0, 0.1) is 5.92 Å². The van der Waals surface area contributed by atoms with Crippen molar-refractivity contribution in [3.8, 4) is 0 Å². The van der Waals surface area contributed by atoms with E-state index in [1.54, 1.807) is 0 Å². The molecule has 2 atom stereocenters. The van der Waals surface area contributed by atoms with E-state index >= 15 is 0 Å². The lowest BCUT2D eigenvalue weighted by molar-refractivity contribution is -0.123. The molecule has 1 aromatic rings. The maximum Gasteiger partial charge on any atom is 0.223 e. The van der Waals surface area contributed by atoms with Crippen LogP contribution in [0.15, 0.2) is 30.3 Å². The molecule has 2 aliphatic heterocycles. The summed E-state index contributed by atoms with van der Waals surface area (Å²) in [6.07, 6.45) is 7.79. The van der Waals surface area contributed by atoms with E-state index in [9.17, 15) is 4.79 Å². The zero-order chi connectivity index (χ0) is 16.5. The molecule has 1 saturated carbocycles. The van der Waals surface area contributed by atoms with Gasteiger partial charge in [-0.05, 0) is 69.3 Å². The van der Waals surface area contributed by atoms with Crippen molar-refractivity contribution in [3.05, 3.63) is 30.3 Å². The van der Waals surface area contributed by atoms with Gasteiger partial charge in [-0.1, -0.05) is 18.2 Å². The molecule has 5 heteroatoms. The van der Waals surface area contributed by atoms with Crippen molar-refractivity contribution in [2.24, 2.45) is 5.92 Å². The van der Waals surface area contributed by atoms with Crippen molar-refractivity contribution in [2.75, 3.05) is 5.32 Å². The molecule has 0 unspecified atom stereocenters. The fourth-order valence-electron chi connectivity index (χ4n) is 4.20. The summed E-state index contributed by atoms with van der Waals surface area (Å²) in [4.78, 5) is 14.5. The van der Waals surface area contributed by atoms with Crippen LogP contribution in [0.1, 0.15) is 44.9 Å². The van der Waals surface area contributed by atoms with Gasteiger partial charge in [-0.15, -0.1) is 0 Å². The number of carbonyl (C=O) groups excluding carboxylic acids is 1. The van der Waals surface area contributed by atoms with Crippen molar-refractivity contribution in [3.63, 3.8) is 0 Å². The Bertz CT molecular complexity index is 602. The minimum Gasteiger partial charge on any atom is -0.353 e. The van der Waals surface area contributed by atoms with Gasteiger partial charge in [-0.3, -0.25) is 4.79 Å². The summed E-state index contributed by atoms with van der Waals surface area (Å²) >= 11 is 5.72. The van der Waals surface area contributed by atoms with Crippen LogP contribution in [0.5, 0.6) is 0 Å². The SMILES string of the molecule is O=C(NC1C[C@@H]2CCC[C@@H](C1)N2C(=S)Nc1ccccc1)C1CC1. The normalized spacial score (nSPS) is 29.0. The number of thiocarbonyl (C=S) groups is 1. The van der Waals surface area contributed by atoms with Crippen LogP contribution in [0.2, 0.25) is 0 Å². The van der Waals surface area contributed by atoms with Gasteiger partial charge in [0.25, 0.3) is 0 Å². The molecule has 24 heavy (non-hydrogen) atoms. The van der Waals surface area contributed by atoms with E-state index in [4.69, 9.17) is 12.2 Å². The third-order valence-corrected chi connectivity index (χ3v) is 5.84. The number of nitrogens with zero attached hydrogens (tertiary/aromatic N) is 1. The molecule has 0 spiro atoms. The average Bonchev–Trinajstić information content (AvgIpc) is 3.40. The Morgan fingerprint density at radius 2 is 1.71 bits per heavy atom. The third kappa shape index (κ3) is 3.41. The molecule has 2 N–H and O–H groups in total. The topological polar surface area (TPSA) is 44.4 Å². The maximum atomic E-state index is 12.1. The van der Waals surface area contributed by atoms with Gasteiger partial charge < -0.3 is 15.5 Å². The highest BCUT2D eigenvalue weighted by Gasteiger charge is 2.41. The van der Waals surface area contributed by atoms with Crippen LogP contribution in [0.3, 0.4) is 0 Å². The molecular weight excluding hydrogens is 318 g/mol. The Labute approximate surface area is 149 Å². The van der Waals surface area contributed by atoms with Crippen molar-refractivity contribution < 1.29 is 4.79 Å². The first-order chi connectivity index (χ1) is 11.7. The molecule has 1 aliphatic carbocycles. The van der Waals surface area contributed by atoms with Crippen LogP contribution in [-0.2, 0) is 4.79 Å². The fraction of sp³-hybridized carbons (Fsp3) is 0.579. The Morgan fingerprint density at radius 1 is 1.04 bits per heavy atom. The highest BCUT2D eigenvalue weighted by atomic mass is 32.1. The van der Waals surface area contributed by atoms with Gasteiger partial charge in [0.05, 0.1) is 0 Å². The summed E-state index contributed by atoms with van der Waals surface area (Å²) in [5, 5.41) is 7.52. The first-order valence-corrected chi connectivity index (χ1v) is 9.56. The Kier molecular flexibility index (Phi) is 4.44. The van der Waals surface area contributed by atoms with Gasteiger partial charge in [-0.2, -0.15) is 0 Å². The Morgan fingerprint density at radius 3 is 2.33 bits per heavy atom. The lowest BCUT2D eigenvalue weighted by Gasteiger charge is -2.50. The molecule has 1 amide bonds. The minimum absolute atomic E-state index is 0.275. The van der Waals surface area contributed by atoms with Crippen molar-refractivity contribution in [1.29, 1.82) is 0 Å². The number of piperidine rings is 2. The van der Waals surface area contributed by atoms with E-state index in [1.165, 1.54) is 19.3 Å². The number of para-hydroxylation sites is 1. The quantitative estimate of drug-likeness (QED) is 0.827. The van der Waals surface area contributed by atoms with Crippen LogP contribution in [0.25, 0.3) is 0 Å². The number of nitrogens with one attached hydrogen (secondary N) is 2. The van der Waals surface area contributed by atoms with Crippen LogP contribution < -0.4 is 10.6 Å². The predicted molar refractivity (Wildman–Crippen MR) is 99.8 cm³/mol. The molecule has 4 rings (SSSR count). The summed E-state index contributed by atoms with van der Waals surface area (Å²) in [5.41, 5.74) is 1.05. The van der Waals surface area contributed by atoms with E-state index in [-0.39, 0.29) is 5.91 Å². The molecular formula is C19H25N3OS.